The van der Waals surface area contributed by atoms with Crippen LogP contribution in [0.15, 0.2) is 48.5 Å². The van der Waals surface area contributed by atoms with Crippen molar-refractivity contribution in [1.29, 1.82) is 0 Å². The minimum Gasteiger partial charge on any atom is -0.406 e. The molecular weight excluding hydrogens is 333 g/mol. The van der Waals surface area contributed by atoms with E-state index in [0.29, 0.717) is 12.8 Å². The monoisotopic (exact) mass is 354 g/mol. The highest BCUT2D eigenvalue weighted by Crippen LogP contribution is 2.30. The van der Waals surface area contributed by atoms with E-state index in [1.165, 1.54) is 12.1 Å². The predicted octanol–water partition coefficient (Wildman–Crippen LogP) is 5.03. The zero-order valence-corrected chi connectivity index (χ0v) is 14.4. The first-order chi connectivity index (χ1) is 11.8. The molecule has 3 nitrogen and oxygen atoms in total. The van der Waals surface area contributed by atoms with E-state index in [2.05, 4.69) is 4.74 Å². The fourth-order valence-electron chi connectivity index (χ4n) is 2.73. The molecular formula is C19H21F3O3. The van der Waals surface area contributed by atoms with Crippen LogP contribution in [0.3, 0.4) is 0 Å². The topological polar surface area (TPSA) is 27.7 Å². The summed E-state index contributed by atoms with van der Waals surface area (Å²) in [5.41, 5.74) is 2.84. The third-order valence-corrected chi connectivity index (χ3v) is 4.08. The highest BCUT2D eigenvalue weighted by molar-refractivity contribution is 5.33. The molecule has 0 aromatic heterocycles. The maximum absolute atomic E-state index is 12.2. The molecule has 25 heavy (non-hydrogen) atoms. The molecule has 0 radical (unpaired) electrons. The molecule has 0 unspecified atom stereocenters. The third-order valence-electron chi connectivity index (χ3n) is 4.08. The lowest BCUT2D eigenvalue weighted by Gasteiger charge is -2.30. The molecule has 2 aromatic carbocycles. The average Bonchev–Trinajstić information content (AvgIpc) is 2.59. The summed E-state index contributed by atoms with van der Waals surface area (Å²) in [6, 6.07) is 13.7. The van der Waals surface area contributed by atoms with Crippen LogP contribution in [0, 0.1) is 0 Å². The summed E-state index contributed by atoms with van der Waals surface area (Å²) in [4.78, 5) is 0. The number of rotatable bonds is 7. The van der Waals surface area contributed by atoms with Crippen molar-refractivity contribution in [2.24, 2.45) is 0 Å². The fourth-order valence-corrected chi connectivity index (χ4v) is 2.73. The molecule has 2 aromatic rings. The first kappa shape index (κ1) is 19.3. The lowest BCUT2D eigenvalue weighted by molar-refractivity contribution is -0.274. The van der Waals surface area contributed by atoms with Gasteiger partial charge in [-0.05, 0) is 29.7 Å². The smallest absolute Gasteiger partial charge is 0.406 e. The number of hydrogen-bond acceptors (Lipinski definition) is 3. The number of alkyl halides is 3. The molecule has 0 aliphatic heterocycles. The largest absolute Gasteiger partial charge is 0.573 e. The van der Waals surface area contributed by atoms with Crippen molar-refractivity contribution >= 4 is 0 Å². The SMILES string of the molecule is CCC(OC)(OC)c1ccc(Cc2ccc(OC(F)(F)F)cc2)cc1. The van der Waals surface area contributed by atoms with Crippen molar-refractivity contribution < 1.29 is 27.4 Å². The van der Waals surface area contributed by atoms with Crippen molar-refractivity contribution in [1.82, 2.24) is 0 Å². The van der Waals surface area contributed by atoms with E-state index in [4.69, 9.17) is 9.47 Å². The van der Waals surface area contributed by atoms with Crippen LogP contribution in [-0.4, -0.2) is 20.6 Å². The summed E-state index contributed by atoms with van der Waals surface area (Å²) < 4.78 is 51.4. The standard InChI is InChI=1S/C19H21F3O3/c1-4-18(23-2,24-3)16-9-5-14(6-10-16)13-15-7-11-17(12-8-15)25-19(20,21)22/h5-12H,4,13H2,1-3H3. The molecule has 0 saturated carbocycles. The number of benzene rings is 2. The fraction of sp³-hybridized carbons (Fsp3) is 0.368. The van der Waals surface area contributed by atoms with Crippen LogP contribution >= 0.6 is 0 Å². The van der Waals surface area contributed by atoms with E-state index < -0.39 is 12.1 Å². The van der Waals surface area contributed by atoms with Crippen molar-refractivity contribution in [2.75, 3.05) is 14.2 Å². The zero-order valence-electron chi connectivity index (χ0n) is 14.4. The zero-order chi connectivity index (χ0) is 18.5. The van der Waals surface area contributed by atoms with Gasteiger partial charge in [-0.1, -0.05) is 43.3 Å². The van der Waals surface area contributed by atoms with Gasteiger partial charge in [0, 0.05) is 26.2 Å². The highest BCUT2D eigenvalue weighted by Gasteiger charge is 2.31. The summed E-state index contributed by atoms with van der Waals surface area (Å²) in [6.45, 7) is 1.98. The number of methoxy groups -OCH3 is 2. The highest BCUT2D eigenvalue weighted by atomic mass is 19.4. The van der Waals surface area contributed by atoms with Crippen LogP contribution in [0.5, 0.6) is 5.75 Å². The molecule has 0 bridgehead atoms. The van der Waals surface area contributed by atoms with Gasteiger partial charge in [0.25, 0.3) is 0 Å². The van der Waals surface area contributed by atoms with Crippen molar-refractivity contribution in [3.8, 4) is 5.75 Å². The molecule has 0 amide bonds. The molecule has 0 fully saturated rings. The minimum atomic E-state index is -4.67. The quantitative estimate of drug-likeness (QED) is 0.653. The molecule has 6 heteroatoms. The van der Waals surface area contributed by atoms with Crippen LogP contribution in [0.25, 0.3) is 0 Å². The minimum absolute atomic E-state index is 0.223. The number of halogens is 3. The van der Waals surface area contributed by atoms with Gasteiger partial charge in [-0.3, -0.25) is 0 Å². The molecule has 2 rings (SSSR count). The lowest BCUT2D eigenvalue weighted by Crippen LogP contribution is -2.29. The van der Waals surface area contributed by atoms with E-state index in [-0.39, 0.29) is 5.75 Å². The van der Waals surface area contributed by atoms with Gasteiger partial charge in [0.05, 0.1) is 0 Å². The van der Waals surface area contributed by atoms with Crippen LogP contribution in [0.1, 0.15) is 30.0 Å². The van der Waals surface area contributed by atoms with E-state index in [0.717, 1.165) is 16.7 Å². The first-order valence-electron chi connectivity index (χ1n) is 7.86. The number of ether oxygens (including phenoxy) is 3. The Balaban J connectivity index is 2.08. The van der Waals surface area contributed by atoms with Gasteiger partial charge in [-0.25, -0.2) is 0 Å². The van der Waals surface area contributed by atoms with Crippen LogP contribution in [0.2, 0.25) is 0 Å². The lowest BCUT2D eigenvalue weighted by atomic mass is 9.98. The first-order valence-corrected chi connectivity index (χ1v) is 7.86. The second-order valence-electron chi connectivity index (χ2n) is 5.58. The molecule has 0 saturated heterocycles. The predicted molar refractivity (Wildman–Crippen MR) is 88.4 cm³/mol. The van der Waals surface area contributed by atoms with Gasteiger partial charge in [0.15, 0.2) is 5.79 Å². The summed E-state index contributed by atoms with van der Waals surface area (Å²) in [5, 5.41) is 0. The summed E-state index contributed by atoms with van der Waals surface area (Å²) in [6.07, 6.45) is -3.41. The molecule has 0 heterocycles. The Morgan fingerprint density at radius 1 is 0.800 bits per heavy atom. The van der Waals surface area contributed by atoms with Crippen LogP contribution in [0.4, 0.5) is 13.2 Å². The molecule has 0 aliphatic carbocycles. The van der Waals surface area contributed by atoms with E-state index in [1.807, 2.05) is 31.2 Å². The van der Waals surface area contributed by atoms with Gasteiger partial charge >= 0.3 is 6.36 Å². The summed E-state index contributed by atoms with van der Waals surface area (Å²) in [5.74, 6) is -0.991. The Morgan fingerprint density at radius 2 is 1.28 bits per heavy atom. The second-order valence-corrected chi connectivity index (χ2v) is 5.58. The Bertz CT molecular complexity index is 652. The molecule has 136 valence electrons. The maximum atomic E-state index is 12.2. The summed E-state index contributed by atoms with van der Waals surface area (Å²) in [7, 11) is 3.21. The van der Waals surface area contributed by atoms with E-state index in [9.17, 15) is 13.2 Å². The third kappa shape index (κ3) is 4.96. The Morgan fingerprint density at radius 3 is 1.68 bits per heavy atom. The number of hydrogen-bond donors (Lipinski definition) is 0. The van der Waals surface area contributed by atoms with Crippen LogP contribution in [-0.2, 0) is 21.7 Å². The molecule has 0 atom stereocenters. The normalized spacial score (nSPS) is 12.2. The summed E-state index contributed by atoms with van der Waals surface area (Å²) >= 11 is 0. The van der Waals surface area contributed by atoms with Gasteiger partial charge < -0.3 is 14.2 Å². The maximum Gasteiger partial charge on any atom is 0.573 e. The molecule has 0 N–H and O–H groups in total. The van der Waals surface area contributed by atoms with Gasteiger partial charge in [0.2, 0.25) is 0 Å². The molecule has 0 aliphatic rings. The van der Waals surface area contributed by atoms with E-state index >= 15 is 0 Å². The van der Waals surface area contributed by atoms with Crippen molar-refractivity contribution in [2.45, 2.75) is 31.9 Å². The van der Waals surface area contributed by atoms with Crippen molar-refractivity contribution in [3.05, 3.63) is 65.2 Å². The Hall–Kier alpha value is -2.05. The molecule has 0 spiro atoms. The van der Waals surface area contributed by atoms with Crippen LogP contribution < -0.4 is 4.74 Å². The average molecular weight is 354 g/mol. The Labute approximate surface area is 145 Å². The van der Waals surface area contributed by atoms with E-state index in [1.54, 1.807) is 26.4 Å². The Kier molecular flexibility index (Phi) is 6.08. The van der Waals surface area contributed by atoms with Gasteiger partial charge in [-0.2, -0.15) is 0 Å². The van der Waals surface area contributed by atoms with Crippen molar-refractivity contribution in [3.63, 3.8) is 0 Å². The van der Waals surface area contributed by atoms with Gasteiger partial charge in [-0.15, -0.1) is 13.2 Å². The second kappa shape index (κ2) is 7.89. The van der Waals surface area contributed by atoms with Gasteiger partial charge in [0.1, 0.15) is 5.75 Å².